The fourth-order valence-corrected chi connectivity index (χ4v) is 8.73. The van der Waals surface area contributed by atoms with Crippen molar-refractivity contribution in [1.29, 1.82) is 0 Å². The lowest BCUT2D eigenvalue weighted by Gasteiger charge is -2.59. The zero-order chi connectivity index (χ0) is 25.8. The maximum Gasteiger partial charge on any atom is 0.136 e. The Morgan fingerprint density at radius 2 is 2.00 bits per heavy atom. The van der Waals surface area contributed by atoms with Gasteiger partial charge in [0.1, 0.15) is 11.5 Å². The van der Waals surface area contributed by atoms with Gasteiger partial charge in [-0.15, -0.1) is 12.8 Å². The Morgan fingerprint density at radius 3 is 2.72 bits per heavy atom. The summed E-state index contributed by atoms with van der Waals surface area (Å²) in [6.07, 6.45) is 18.5. The standard InChI is InChI=1S/C29H36N2O3.C2H2/c1-4-25(33)23-11-10-22-21-9-8-18-12-24-17(16-31(30-24)19-6-5-7-20(32)13-19)14-28(18,2)27(21)26(34)15-29(22,23)3;1-2/h5-7,12-13,16,21-23,26-27,32,34H,4,8-11,14-15H2,1-3H3;1-2H/t21?,22?,23-,26?,27?,28?,29?;/m1./s1. The lowest BCUT2D eigenvalue weighted by Crippen LogP contribution is -2.57. The predicted octanol–water partition coefficient (Wildman–Crippen LogP) is 5.58. The van der Waals surface area contributed by atoms with Crippen molar-refractivity contribution in [2.75, 3.05) is 0 Å². The molecule has 0 saturated heterocycles. The number of aliphatic hydroxyl groups excluding tert-OH is 1. The van der Waals surface area contributed by atoms with Gasteiger partial charge in [-0.25, -0.2) is 4.68 Å². The number of aromatic hydroxyl groups is 1. The summed E-state index contributed by atoms with van der Waals surface area (Å²) in [6, 6.07) is 7.19. The van der Waals surface area contributed by atoms with Crippen molar-refractivity contribution in [3.63, 3.8) is 0 Å². The quantitative estimate of drug-likeness (QED) is 0.556. The van der Waals surface area contributed by atoms with Crippen LogP contribution in [0.1, 0.15) is 70.6 Å². The highest BCUT2D eigenvalue weighted by atomic mass is 16.3. The number of phenolic OH excluding ortho intramolecular Hbond substituents is 1. The van der Waals surface area contributed by atoms with E-state index in [1.54, 1.807) is 12.1 Å². The van der Waals surface area contributed by atoms with E-state index in [0.717, 1.165) is 49.9 Å². The van der Waals surface area contributed by atoms with Gasteiger partial charge in [-0.2, -0.15) is 5.10 Å². The molecule has 0 aliphatic heterocycles. The van der Waals surface area contributed by atoms with Crippen LogP contribution in [0.4, 0.5) is 0 Å². The number of hydrogen-bond acceptors (Lipinski definition) is 4. The van der Waals surface area contributed by atoms with Gasteiger partial charge in [0.05, 0.1) is 17.5 Å². The van der Waals surface area contributed by atoms with E-state index in [9.17, 15) is 15.0 Å². The number of terminal acetylenes is 1. The Balaban J connectivity index is 0.00000130. The van der Waals surface area contributed by atoms with Crippen LogP contribution in [0.5, 0.6) is 5.75 Å². The number of fused-ring (bicyclic) bond motifs is 6. The van der Waals surface area contributed by atoms with E-state index in [-0.39, 0.29) is 34.5 Å². The number of nitrogens with zero attached hydrogens (tertiary/aromatic N) is 2. The second-order valence-corrected chi connectivity index (χ2v) is 11.8. The Kier molecular flexibility index (Phi) is 6.16. The number of carbonyl (C=O) groups excluding carboxylic acids is 1. The summed E-state index contributed by atoms with van der Waals surface area (Å²) in [6.45, 7) is 6.64. The first-order valence-electron chi connectivity index (χ1n) is 13.4. The Labute approximate surface area is 214 Å². The van der Waals surface area contributed by atoms with E-state index in [1.165, 1.54) is 11.1 Å². The van der Waals surface area contributed by atoms with Gasteiger partial charge in [0.2, 0.25) is 0 Å². The number of ketones is 1. The van der Waals surface area contributed by atoms with Gasteiger partial charge in [-0.1, -0.05) is 32.4 Å². The molecule has 3 saturated carbocycles. The van der Waals surface area contributed by atoms with Crippen LogP contribution in [0.15, 0.2) is 36.0 Å². The molecule has 5 nitrogen and oxygen atoms in total. The lowest BCUT2D eigenvalue weighted by molar-refractivity contribution is -0.141. The minimum Gasteiger partial charge on any atom is -0.508 e. The first kappa shape index (κ1) is 24.8. The fourth-order valence-electron chi connectivity index (χ4n) is 8.73. The van der Waals surface area contributed by atoms with Gasteiger partial charge in [-0.05, 0) is 90.9 Å². The highest BCUT2D eigenvalue weighted by Gasteiger charge is 2.62. The summed E-state index contributed by atoms with van der Waals surface area (Å²) in [5, 5.41) is 26.4. The van der Waals surface area contributed by atoms with Gasteiger partial charge >= 0.3 is 0 Å². The van der Waals surface area contributed by atoms with Gasteiger partial charge in [-0.3, -0.25) is 4.79 Å². The van der Waals surface area contributed by atoms with Crippen LogP contribution >= 0.6 is 0 Å². The first-order chi connectivity index (χ1) is 17.2. The van der Waals surface area contributed by atoms with Crippen molar-refractivity contribution in [1.82, 2.24) is 9.78 Å². The number of phenols is 1. The molecule has 0 radical (unpaired) electrons. The molecular weight excluding hydrogens is 448 g/mol. The summed E-state index contributed by atoms with van der Waals surface area (Å²) in [5.41, 5.74) is 4.34. The van der Waals surface area contributed by atoms with Crippen LogP contribution in [0, 0.1) is 47.3 Å². The molecule has 3 fully saturated rings. The number of carbonyl (C=O) groups is 1. The van der Waals surface area contributed by atoms with Gasteiger partial charge in [0.25, 0.3) is 0 Å². The van der Waals surface area contributed by atoms with E-state index in [1.807, 2.05) is 23.7 Å². The van der Waals surface area contributed by atoms with Crippen molar-refractivity contribution >= 4 is 11.9 Å². The van der Waals surface area contributed by atoms with Crippen LogP contribution in [0.3, 0.4) is 0 Å². The van der Waals surface area contributed by atoms with E-state index in [2.05, 4.69) is 39.0 Å². The van der Waals surface area contributed by atoms with E-state index < -0.39 is 0 Å². The topological polar surface area (TPSA) is 75.4 Å². The zero-order valence-corrected chi connectivity index (χ0v) is 21.7. The van der Waals surface area contributed by atoms with Crippen molar-refractivity contribution < 1.29 is 15.0 Å². The van der Waals surface area contributed by atoms with E-state index >= 15 is 0 Å². The summed E-state index contributed by atoms with van der Waals surface area (Å²) >= 11 is 0. The number of rotatable bonds is 3. The average molecular weight is 487 g/mol. The van der Waals surface area contributed by atoms with Crippen molar-refractivity contribution in [3.8, 4) is 24.3 Å². The number of hydrogen-bond donors (Lipinski definition) is 2. The molecule has 2 N–H and O–H groups in total. The molecule has 2 aromatic rings. The lowest BCUT2D eigenvalue weighted by atomic mass is 9.46. The van der Waals surface area contributed by atoms with Crippen LogP contribution in [0.2, 0.25) is 0 Å². The largest absolute Gasteiger partial charge is 0.508 e. The maximum absolute atomic E-state index is 12.8. The van der Waals surface area contributed by atoms with Crippen LogP contribution in [-0.2, 0) is 11.2 Å². The Morgan fingerprint density at radius 1 is 1.22 bits per heavy atom. The molecule has 0 bridgehead atoms. The predicted molar refractivity (Wildman–Crippen MR) is 141 cm³/mol. The normalized spacial score (nSPS) is 36.3. The number of benzene rings is 1. The van der Waals surface area contributed by atoms with Gasteiger partial charge < -0.3 is 10.2 Å². The molecule has 1 heterocycles. The molecule has 5 heteroatoms. The molecule has 4 aliphatic carbocycles. The highest BCUT2D eigenvalue weighted by molar-refractivity contribution is 5.82. The third-order valence-electron chi connectivity index (χ3n) is 10.2. The number of allylic oxidation sites excluding steroid dienone is 1. The summed E-state index contributed by atoms with van der Waals surface area (Å²) in [5.74, 6) is 1.95. The molecule has 0 amide bonds. The third kappa shape index (κ3) is 3.57. The van der Waals surface area contributed by atoms with Crippen molar-refractivity contribution in [2.24, 2.45) is 34.5 Å². The Hall–Kier alpha value is -2.84. The summed E-state index contributed by atoms with van der Waals surface area (Å²) in [4.78, 5) is 12.8. The smallest absolute Gasteiger partial charge is 0.136 e. The summed E-state index contributed by atoms with van der Waals surface area (Å²) in [7, 11) is 0. The molecule has 6 unspecified atom stereocenters. The third-order valence-corrected chi connectivity index (χ3v) is 10.2. The minimum atomic E-state index is -0.382. The number of aliphatic hydroxyl groups is 1. The molecule has 190 valence electrons. The maximum atomic E-state index is 12.8. The highest BCUT2D eigenvalue weighted by Crippen LogP contribution is 2.66. The van der Waals surface area contributed by atoms with Crippen LogP contribution < -0.4 is 0 Å². The fraction of sp³-hybridized carbons (Fsp3) is 0.548. The second kappa shape index (κ2) is 8.92. The van der Waals surface area contributed by atoms with Crippen molar-refractivity contribution in [3.05, 3.63) is 47.3 Å². The molecule has 7 atom stereocenters. The first-order valence-corrected chi connectivity index (χ1v) is 13.4. The summed E-state index contributed by atoms with van der Waals surface area (Å²) < 4.78 is 1.87. The molecule has 6 rings (SSSR count). The molecule has 4 aliphatic rings. The van der Waals surface area contributed by atoms with E-state index in [0.29, 0.717) is 24.0 Å². The molecule has 1 aromatic carbocycles. The SMILES string of the molecule is C#C.CCC(=O)[C@H]1CCC2C3CCC4=Cc5nn(-c6cccc(O)c6)cc5CC4(C)C3C(O)CC21C. The average Bonchev–Trinajstić information content (AvgIpc) is 3.42. The zero-order valence-electron chi connectivity index (χ0n) is 21.7. The van der Waals surface area contributed by atoms with E-state index in [4.69, 9.17) is 5.10 Å². The van der Waals surface area contributed by atoms with Gasteiger partial charge in [0.15, 0.2) is 0 Å². The molecular formula is C31H38N2O3. The number of aromatic nitrogens is 2. The monoisotopic (exact) mass is 486 g/mol. The molecule has 36 heavy (non-hydrogen) atoms. The van der Waals surface area contributed by atoms with Gasteiger partial charge in [0, 0.05) is 24.6 Å². The molecule has 0 spiro atoms. The second-order valence-electron chi connectivity index (χ2n) is 11.8. The molecule has 1 aromatic heterocycles. The van der Waals surface area contributed by atoms with Crippen LogP contribution in [0.25, 0.3) is 11.8 Å². The minimum absolute atomic E-state index is 0.0642. The Bertz CT molecular complexity index is 1230. The van der Waals surface area contributed by atoms with Crippen molar-refractivity contribution in [2.45, 2.75) is 71.8 Å². The van der Waals surface area contributed by atoms with Crippen LogP contribution in [-0.4, -0.2) is 31.9 Å². The number of Topliss-reactive ketones (excluding diaryl/α,β-unsaturated/α-hetero) is 1.